The second kappa shape index (κ2) is 4.89. The van der Waals surface area contributed by atoms with Gasteiger partial charge in [-0.2, -0.15) is 8.42 Å². The van der Waals surface area contributed by atoms with Crippen LogP contribution in [0.3, 0.4) is 0 Å². The Labute approximate surface area is 90.8 Å². The van der Waals surface area contributed by atoms with E-state index in [9.17, 15) is 23.7 Å². The molecule has 5 N–H and O–H groups in total. The van der Waals surface area contributed by atoms with Crippen molar-refractivity contribution in [2.45, 2.75) is 30.7 Å². The number of rotatable bonds is 3. The predicted molar refractivity (Wildman–Crippen MR) is 46.4 cm³/mol. The number of hydrogen-bond donors (Lipinski definition) is 5. The van der Waals surface area contributed by atoms with E-state index in [0.29, 0.717) is 0 Å². The Balaban J connectivity index is 2.80. The van der Waals surface area contributed by atoms with Crippen LogP contribution in [0.4, 0.5) is 0 Å². The molecule has 0 aromatic rings. The summed E-state index contributed by atoms with van der Waals surface area (Å²) in [6.45, 7) is -0.687. The van der Waals surface area contributed by atoms with Crippen LogP contribution in [-0.4, -0.2) is 70.7 Å². The minimum atomic E-state index is -4.91. The molecule has 1 rings (SSSR count). The smallest absolute Gasteiger partial charge is 0.394 e. The van der Waals surface area contributed by atoms with Gasteiger partial charge < -0.3 is 25.2 Å². The van der Waals surface area contributed by atoms with Crippen LogP contribution in [0.25, 0.3) is 0 Å². The van der Waals surface area contributed by atoms with Crippen molar-refractivity contribution in [3.63, 3.8) is 0 Å². The highest BCUT2D eigenvalue weighted by Gasteiger charge is 2.46. The Kier molecular flexibility index (Phi) is 4.20. The Bertz CT molecular complexity index is 327. The van der Waals surface area contributed by atoms with Gasteiger partial charge in [0.15, 0.2) is 12.4 Å². The summed E-state index contributed by atoms with van der Waals surface area (Å²) < 4.78 is 37.6. The second-order valence-electron chi connectivity index (χ2n) is 3.22. The summed E-state index contributed by atoms with van der Waals surface area (Å²) in [5, 5.41) is 36.6. The summed E-state index contributed by atoms with van der Waals surface area (Å²) in [6, 6.07) is 0. The van der Waals surface area contributed by atoms with Crippen LogP contribution in [0, 0.1) is 0 Å². The molecule has 0 amide bonds. The first-order valence-corrected chi connectivity index (χ1v) is 5.59. The molecule has 1 aliphatic rings. The van der Waals surface area contributed by atoms with Gasteiger partial charge in [-0.15, -0.1) is 0 Å². The Morgan fingerprint density at radius 1 is 1.19 bits per heavy atom. The largest absolute Gasteiger partial charge is 0.397 e. The topological polar surface area (TPSA) is 154 Å². The zero-order valence-electron chi connectivity index (χ0n) is 7.87. The fourth-order valence-electron chi connectivity index (χ4n) is 1.32. The van der Waals surface area contributed by atoms with Gasteiger partial charge in [-0.1, -0.05) is 0 Å². The molecule has 0 aromatic carbocycles. The third kappa shape index (κ3) is 3.09. The van der Waals surface area contributed by atoms with Gasteiger partial charge in [0, 0.05) is 0 Å². The van der Waals surface area contributed by atoms with Gasteiger partial charge in [-0.25, -0.2) is 4.18 Å². The summed E-state index contributed by atoms with van der Waals surface area (Å²) >= 11 is 0. The molecule has 0 unspecified atom stereocenters. The van der Waals surface area contributed by atoms with Crippen molar-refractivity contribution in [2.24, 2.45) is 0 Å². The molecular formula is C6H12O9S. The van der Waals surface area contributed by atoms with Crippen LogP contribution >= 0.6 is 0 Å². The van der Waals surface area contributed by atoms with Gasteiger partial charge in [-0.05, 0) is 0 Å². The molecule has 1 saturated heterocycles. The first-order chi connectivity index (χ1) is 7.26. The standard InChI is InChI=1S/C6H12O9S/c7-1-2-3(8)4(9)5(6(10)14-2)15-16(11,12)13/h2-10H,1H2,(H,11,12,13)/t2-,3+,4+,5-,6+/m0/s1. The van der Waals surface area contributed by atoms with Crippen LogP contribution < -0.4 is 0 Å². The highest BCUT2D eigenvalue weighted by molar-refractivity contribution is 7.80. The van der Waals surface area contributed by atoms with E-state index in [1.54, 1.807) is 0 Å². The molecule has 16 heavy (non-hydrogen) atoms. The van der Waals surface area contributed by atoms with Crippen molar-refractivity contribution < 1.29 is 42.3 Å². The maximum Gasteiger partial charge on any atom is 0.397 e. The molecule has 5 atom stereocenters. The predicted octanol–water partition coefficient (Wildman–Crippen LogP) is -3.39. The van der Waals surface area contributed by atoms with Gasteiger partial charge in [0.1, 0.15) is 18.3 Å². The van der Waals surface area contributed by atoms with E-state index in [2.05, 4.69) is 8.92 Å². The van der Waals surface area contributed by atoms with Crippen molar-refractivity contribution in [1.29, 1.82) is 0 Å². The summed E-state index contributed by atoms with van der Waals surface area (Å²) in [5.41, 5.74) is 0. The average molecular weight is 260 g/mol. The summed E-state index contributed by atoms with van der Waals surface area (Å²) in [5.74, 6) is 0. The summed E-state index contributed by atoms with van der Waals surface area (Å²) in [6.07, 6.45) is -8.53. The third-order valence-electron chi connectivity index (χ3n) is 2.08. The lowest BCUT2D eigenvalue weighted by molar-refractivity contribution is -0.280. The van der Waals surface area contributed by atoms with Crippen molar-refractivity contribution in [3.05, 3.63) is 0 Å². The third-order valence-corrected chi connectivity index (χ3v) is 2.54. The average Bonchev–Trinajstić information content (AvgIpc) is 2.17. The lowest BCUT2D eigenvalue weighted by atomic mass is 9.99. The molecule has 0 radical (unpaired) electrons. The first kappa shape index (κ1) is 13.7. The fourth-order valence-corrected chi connectivity index (χ4v) is 1.81. The maximum absolute atomic E-state index is 10.4. The molecule has 0 aliphatic carbocycles. The summed E-state index contributed by atoms with van der Waals surface area (Å²) in [4.78, 5) is 0. The molecule has 1 aliphatic heterocycles. The van der Waals surface area contributed by atoms with Gasteiger partial charge in [-0.3, -0.25) is 4.55 Å². The van der Waals surface area contributed by atoms with Crippen LogP contribution in [0.5, 0.6) is 0 Å². The molecule has 1 fully saturated rings. The Morgan fingerprint density at radius 3 is 2.19 bits per heavy atom. The van der Waals surface area contributed by atoms with Gasteiger partial charge in [0.2, 0.25) is 0 Å². The van der Waals surface area contributed by atoms with Crippen LogP contribution in [0.1, 0.15) is 0 Å². The van der Waals surface area contributed by atoms with Gasteiger partial charge in [0.05, 0.1) is 6.61 Å². The number of hydrogen-bond acceptors (Lipinski definition) is 8. The Hall–Kier alpha value is -0.330. The van der Waals surface area contributed by atoms with Gasteiger partial charge >= 0.3 is 10.4 Å². The van der Waals surface area contributed by atoms with Crippen molar-refractivity contribution in [3.8, 4) is 0 Å². The quantitative estimate of drug-likeness (QED) is 0.327. The van der Waals surface area contributed by atoms with E-state index < -0.39 is 47.7 Å². The second-order valence-corrected chi connectivity index (χ2v) is 4.27. The van der Waals surface area contributed by atoms with E-state index in [0.717, 1.165) is 0 Å². The molecule has 0 aromatic heterocycles. The lowest BCUT2D eigenvalue weighted by Crippen LogP contribution is -2.59. The van der Waals surface area contributed by atoms with Crippen molar-refractivity contribution >= 4 is 10.4 Å². The van der Waals surface area contributed by atoms with E-state index in [4.69, 9.17) is 9.66 Å². The van der Waals surface area contributed by atoms with Crippen LogP contribution in [0.15, 0.2) is 0 Å². The van der Waals surface area contributed by atoms with E-state index in [1.165, 1.54) is 0 Å². The highest BCUT2D eigenvalue weighted by atomic mass is 32.3. The first-order valence-electron chi connectivity index (χ1n) is 4.22. The number of ether oxygens (including phenoxy) is 1. The molecule has 0 spiro atoms. The molecular weight excluding hydrogens is 248 g/mol. The van der Waals surface area contributed by atoms with Crippen molar-refractivity contribution in [1.82, 2.24) is 0 Å². The van der Waals surface area contributed by atoms with E-state index >= 15 is 0 Å². The minimum absolute atomic E-state index is 0.687. The lowest BCUT2D eigenvalue weighted by Gasteiger charge is -2.38. The van der Waals surface area contributed by atoms with Crippen molar-refractivity contribution in [2.75, 3.05) is 6.61 Å². The molecule has 10 heteroatoms. The Morgan fingerprint density at radius 2 is 1.75 bits per heavy atom. The normalized spacial score (nSPS) is 40.9. The van der Waals surface area contributed by atoms with Crippen LogP contribution in [-0.2, 0) is 19.3 Å². The molecule has 9 nitrogen and oxygen atoms in total. The monoisotopic (exact) mass is 260 g/mol. The zero-order chi connectivity index (χ0) is 12.5. The molecule has 1 heterocycles. The molecule has 0 saturated carbocycles. The molecule has 0 bridgehead atoms. The van der Waals surface area contributed by atoms with E-state index in [-0.39, 0.29) is 0 Å². The zero-order valence-corrected chi connectivity index (χ0v) is 8.69. The number of aliphatic hydroxyl groups is 4. The van der Waals surface area contributed by atoms with Gasteiger partial charge in [0.25, 0.3) is 0 Å². The maximum atomic E-state index is 10.4. The fraction of sp³-hybridized carbons (Fsp3) is 1.00. The minimum Gasteiger partial charge on any atom is -0.394 e. The number of aliphatic hydroxyl groups excluding tert-OH is 4. The SMILES string of the molecule is O=S(=O)(O)O[C@H]1[C@H](O)[C@H](O)[C@H](CO)O[C@H]1O. The van der Waals surface area contributed by atoms with E-state index in [1.807, 2.05) is 0 Å². The molecule has 96 valence electrons. The van der Waals surface area contributed by atoms with Crippen LogP contribution in [0.2, 0.25) is 0 Å². The summed E-state index contributed by atoms with van der Waals surface area (Å²) in [7, 11) is -4.91. The highest BCUT2D eigenvalue weighted by Crippen LogP contribution is 2.22.